The van der Waals surface area contributed by atoms with E-state index in [2.05, 4.69) is 9.80 Å². The lowest BCUT2D eigenvalue weighted by molar-refractivity contribution is 0.0979. The van der Waals surface area contributed by atoms with E-state index < -0.39 is 0 Å². The molecule has 0 radical (unpaired) electrons. The van der Waals surface area contributed by atoms with Crippen molar-refractivity contribution in [1.82, 2.24) is 0 Å². The van der Waals surface area contributed by atoms with Gasteiger partial charge in [-0.05, 0) is 60.7 Å². The molecule has 0 aromatic heterocycles. The lowest BCUT2D eigenvalue weighted by atomic mass is 9.82. The van der Waals surface area contributed by atoms with E-state index in [4.69, 9.17) is 0 Å². The van der Waals surface area contributed by atoms with E-state index in [9.17, 15) is 9.59 Å². The molecule has 0 saturated carbocycles. The first-order chi connectivity index (χ1) is 20.7. The Morgan fingerprint density at radius 2 is 0.714 bits per heavy atom. The molecule has 0 spiro atoms. The van der Waals surface area contributed by atoms with E-state index >= 15 is 0 Å². The van der Waals surface area contributed by atoms with Crippen molar-refractivity contribution in [3.63, 3.8) is 0 Å². The lowest BCUT2D eigenvalue weighted by Gasteiger charge is -2.36. The molecule has 6 aromatic carbocycles. The third kappa shape index (κ3) is 4.27. The Balaban J connectivity index is 1.61. The molecule has 0 aliphatic heterocycles. The number of rotatable bonds is 6. The molecule has 7 rings (SSSR count). The summed E-state index contributed by atoms with van der Waals surface area (Å²) in [6, 6.07) is 51.0. The van der Waals surface area contributed by atoms with Crippen LogP contribution in [0.25, 0.3) is 0 Å². The first-order valence-corrected chi connectivity index (χ1v) is 13.9. The predicted molar refractivity (Wildman–Crippen MR) is 169 cm³/mol. The molecule has 0 N–H and O–H groups in total. The van der Waals surface area contributed by atoms with Gasteiger partial charge in [-0.1, -0.05) is 97.1 Å². The van der Waals surface area contributed by atoms with Crippen molar-refractivity contribution in [2.45, 2.75) is 0 Å². The number of carbonyl (C=O) groups is 2. The smallest absolute Gasteiger partial charge is 0.196 e. The van der Waals surface area contributed by atoms with Crippen LogP contribution in [0.5, 0.6) is 0 Å². The molecule has 0 amide bonds. The van der Waals surface area contributed by atoms with Crippen molar-refractivity contribution < 1.29 is 9.59 Å². The molecule has 200 valence electrons. The van der Waals surface area contributed by atoms with Gasteiger partial charge in [0, 0.05) is 39.4 Å². The Morgan fingerprint density at radius 1 is 0.333 bits per heavy atom. The SMILES string of the molecule is O=C1c2ccccc2C(=O)c2c1ccc(N(c1ccccc1)c1ccccc1)c2N(c1ccccc1)c1ccccc1. The molecule has 0 fully saturated rings. The summed E-state index contributed by atoms with van der Waals surface area (Å²) in [5.41, 5.74) is 6.67. The molecule has 0 saturated heterocycles. The molecular weight excluding hydrogens is 516 g/mol. The van der Waals surface area contributed by atoms with Gasteiger partial charge in [0.05, 0.1) is 16.9 Å². The lowest BCUT2D eigenvalue weighted by Crippen LogP contribution is -2.26. The van der Waals surface area contributed by atoms with Crippen molar-refractivity contribution in [2.24, 2.45) is 0 Å². The average molecular weight is 543 g/mol. The second-order valence-corrected chi connectivity index (χ2v) is 10.1. The molecule has 0 atom stereocenters. The summed E-state index contributed by atoms with van der Waals surface area (Å²) in [7, 11) is 0. The van der Waals surface area contributed by atoms with E-state index in [-0.39, 0.29) is 11.6 Å². The monoisotopic (exact) mass is 542 g/mol. The summed E-state index contributed by atoms with van der Waals surface area (Å²) in [5, 5.41) is 0. The molecule has 0 heterocycles. The van der Waals surface area contributed by atoms with Crippen molar-refractivity contribution in [1.29, 1.82) is 0 Å². The Hall–Kier alpha value is -5.74. The summed E-state index contributed by atoms with van der Waals surface area (Å²) >= 11 is 0. The molecule has 0 bridgehead atoms. The van der Waals surface area contributed by atoms with Gasteiger partial charge < -0.3 is 9.80 Å². The van der Waals surface area contributed by atoms with Crippen LogP contribution < -0.4 is 9.80 Å². The number of ketones is 2. The van der Waals surface area contributed by atoms with Gasteiger partial charge in [0.25, 0.3) is 0 Å². The number of anilines is 6. The maximum Gasteiger partial charge on any atom is 0.196 e. The zero-order valence-electron chi connectivity index (χ0n) is 22.7. The van der Waals surface area contributed by atoms with Gasteiger partial charge in [0.1, 0.15) is 0 Å². The molecule has 0 unspecified atom stereocenters. The fraction of sp³-hybridized carbons (Fsp3) is 0. The normalized spacial score (nSPS) is 11.9. The van der Waals surface area contributed by atoms with Crippen molar-refractivity contribution in [3.8, 4) is 0 Å². The van der Waals surface area contributed by atoms with Crippen LogP contribution in [0.15, 0.2) is 158 Å². The minimum absolute atomic E-state index is 0.153. The topological polar surface area (TPSA) is 40.6 Å². The van der Waals surface area contributed by atoms with Gasteiger partial charge in [-0.15, -0.1) is 0 Å². The highest BCUT2D eigenvalue weighted by Crippen LogP contribution is 2.49. The Morgan fingerprint density at radius 3 is 1.17 bits per heavy atom. The standard InChI is InChI=1S/C38H26N2O2/c41-37-31-23-13-14-24-32(31)38(42)35-33(37)25-26-34(39(27-15-5-1-6-16-27)28-17-7-2-8-18-28)36(35)40(29-19-9-3-10-20-29)30-21-11-4-12-22-30/h1-26H. The second-order valence-electron chi connectivity index (χ2n) is 10.1. The molecule has 1 aliphatic rings. The average Bonchev–Trinajstić information content (AvgIpc) is 3.06. The van der Waals surface area contributed by atoms with Gasteiger partial charge in [0.15, 0.2) is 11.6 Å². The third-order valence-corrected chi connectivity index (χ3v) is 7.57. The molecule has 4 heteroatoms. The van der Waals surface area contributed by atoms with Crippen molar-refractivity contribution in [3.05, 3.63) is 180 Å². The highest BCUT2D eigenvalue weighted by atomic mass is 16.1. The van der Waals surface area contributed by atoms with Crippen LogP contribution in [0.3, 0.4) is 0 Å². The van der Waals surface area contributed by atoms with E-state index in [0.29, 0.717) is 27.9 Å². The van der Waals surface area contributed by atoms with Crippen LogP contribution in [0.2, 0.25) is 0 Å². The van der Waals surface area contributed by atoms with Crippen LogP contribution in [0.4, 0.5) is 34.1 Å². The van der Waals surface area contributed by atoms with E-state index in [1.54, 1.807) is 24.3 Å². The number of para-hydroxylation sites is 4. The Kier molecular flexibility index (Phi) is 6.42. The Bertz CT molecular complexity index is 1820. The largest absolute Gasteiger partial charge is 0.308 e. The predicted octanol–water partition coefficient (Wildman–Crippen LogP) is 9.40. The highest BCUT2D eigenvalue weighted by Gasteiger charge is 2.36. The summed E-state index contributed by atoms with van der Waals surface area (Å²) in [5.74, 6) is -0.324. The maximum absolute atomic E-state index is 14.5. The summed E-state index contributed by atoms with van der Waals surface area (Å²) in [6.45, 7) is 0. The van der Waals surface area contributed by atoms with Gasteiger partial charge in [-0.3, -0.25) is 9.59 Å². The summed E-state index contributed by atoms with van der Waals surface area (Å²) in [6.07, 6.45) is 0. The molecule has 42 heavy (non-hydrogen) atoms. The number of benzene rings is 6. The Labute approximate surface area is 244 Å². The summed E-state index contributed by atoms with van der Waals surface area (Å²) in [4.78, 5) is 32.7. The second kappa shape index (κ2) is 10.7. The van der Waals surface area contributed by atoms with Gasteiger partial charge in [-0.25, -0.2) is 0 Å². The van der Waals surface area contributed by atoms with Crippen molar-refractivity contribution in [2.75, 3.05) is 9.80 Å². The number of hydrogen-bond acceptors (Lipinski definition) is 4. The minimum atomic E-state index is -0.171. The zero-order valence-corrected chi connectivity index (χ0v) is 22.7. The van der Waals surface area contributed by atoms with E-state index in [0.717, 1.165) is 28.4 Å². The van der Waals surface area contributed by atoms with Gasteiger partial charge in [0.2, 0.25) is 0 Å². The fourth-order valence-corrected chi connectivity index (χ4v) is 5.71. The molecule has 4 nitrogen and oxygen atoms in total. The minimum Gasteiger partial charge on any atom is -0.308 e. The van der Waals surface area contributed by atoms with Crippen LogP contribution >= 0.6 is 0 Å². The van der Waals surface area contributed by atoms with E-state index in [1.807, 2.05) is 133 Å². The van der Waals surface area contributed by atoms with Crippen LogP contribution in [0.1, 0.15) is 31.8 Å². The first kappa shape index (κ1) is 25.2. The van der Waals surface area contributed by atoms with Gasteiger partial charge >= 0.3 is 0 Å². The van der Waals surface area contributed by atoms with E-state index in [1.165, 1.54) is 0 Å². The number of hydrogen-bond donors (Lipinski definition) is 0. The fourth-order valence-electron chi connectivity index (χ4n) is 5.71. The summed E-state index contributed by atoms with van der Waals surface area (Å²) < 4.78 is 0. The van der Waals surface area contributed by atoms with Crippen LogP contribution in [0, 0.1) is 0 Å². The molecule has 1 aliphatic carbocycles. The zero-order chi connectivity index (χ0) is 28.5. The van der Waals surface area contributed by atoms with Crippen LogP contribution in [-0.2, 0) is 0 Å². The molecular formula is C38H26N2O2. The number of carbonyl (C=O) groups excluding carboxylic acids is 2. The third-order valence-electron chi connectivity index (χ3n) is 7.57. The maximum atomic E-state index is 14.5. The quantitative estimate of drug-likeness (QED) is 0.210. The van der Waals surface area contributed by atoms with Gasteiger partial charge in [-0.2, -0.15) is 0 Å². The highest BCUT2D eigenvalue weighted by molar-refractivity contribution is 6.31. The number of fused-ring (bicyclic) bond motifs is 2. The molecule has 6 aromatic rings. The first-order valence-electron chi connectivity index (χ1n) is 13.9. The number of nitrogens with zero attached hydrogens (tertiary/aromatic N) is 2. The van der Waals surface area contributed by atoms with Crippen LogP contribution in [-0.4, -0.2) is 11.6 Å². The van der Waals surface area contributed by atoms with Crippen molar-refractivity contribution >= 4 is 45.7 Å².